The Labute approximate surface area is 206 Å². The molecule has 35 heavy (non-hydrogen) atoms. The Hall–Kier alpha value is -4.42. The van der Waals surface area contributed by atoms with E-state index < -0.39 is 0 Å². The van der Waals surface area contributed by atoms with Gasteiger partial charge in [0.15, 0.2) is 0 Å². The van der Waals surface area contributed by atoms with Crippen molar-refractivity contribution in [2.45, 2.75) is 6.92 Å². The highest BCUT2D eigenvalue weighted by atomic mass is 14.2. The third kappa shape index (κ3) is 3.47. The first-order valence-corrected chi connectivity index (χ1v) is 12.0. The van der Waals surface area contributed by atoms with Crippen LogP contribution in [0, 0.1) is 6.92 Å². The van der Waals surface area contributed by atoms with Crippen LogP contribution in [0.5, 0.6) is 0 Å². The van der Waals surface area contributed by atoms with Crippen molar-refractivity contribution in [3.63, 3.8) is 0 Å². The normalized spacial score (nSPS) is 11.2. The molecule has 0 bridgehead atoms. The van der Waals surface area contributed by atoms with Crippen molar-refractivity contribution < 1.29 is 0 Å². The predicted octanol–water partition coefficient (Wildman–Crippen LogP) is 10.1. The van der Waals surface area contributed by atoms with Gasteiger partial charge in [0.2, 0.25) is 0 Å². The zero-order chi connectivity index (χ0) is 23.9. The molecule has 0 unspecified atom stereocenters. The highest BCUT2D eigenvalue weighted by Crippen LogP contribution is 2.44. The van der Waals surface area contributed by atoms with Crippen LogP contribution in [0.1, 0.15) is 16.7 Å². The zero-order valence-corrected chi connectivity index (χ0v) is 19.9. The summed E-state index contributed by atoms with van der Waals surface area (Å²) in [5.41, 5.74) is 8.30. The van der Waals surface area contributed by atoms with Crippen molar-refractivity contribution >= 4 is 44.5 Å². The summed E-state index contributed by atoms with van der Waals surface area (Å²) in [6, 6.07) is 37.3. The van der Waals surface area contributed by atoms with Crippen LogP contribution < -0.4 is 0 Å². The molecule has 6 aromatic rings. The first-order chi connectivity index (χ1) is 17.2. The largest absolute Gasteiger partial charge is 0.0984 e. The lowest BCUT2D eigenvalue weighted by Gasteiger charge is -2.21. The number of aryl methyl sites for hydroxylation is 1. The second-order valence-electron chi connectivity index (χ2n) is 9.16. The predicted molar refractivity (Wildman–Crippen MR) is 155 cm³/mol. The summed E-state index contributed by atoms with van der Waals surface area (Å²) in [4.78, 5) is 0. The molecular weight excluding hydrogens is 420 g/mol. The van der Waals surface area contributed by atoms with E-state index in [1.54, 1.807) is 0 Å². The Morgan fingerprint density at radius 3 is 1.49 bits per heavy atom. The highest BCUT2D eigenvalue weighted by Gasteiger charge is 2.19. The van der Waals surface area contributed by atoms with E-state index in [2.05, 4.69) is 123 Å². The molecule has 0 aliphatic rings. The third-order valence-corrected chi connectivity index (χ3v) is 7.03. The molecule has 0 N–H and O–H groups in total. The third-order valence-electron chi connectivity index (χ3n) is 7.03. The van der Waals surface area contributed by atoms with E-state index in [-0.39, 0.29) is 0 Å². The fourth-order valence-electron chi connectivity index (χ4n) is 5.38. The van der Waals surface area contributed by atoms with Crippen LogP contribution in [-0.4, -0.2) is 0 Å². The average Bonchev–Trinajstić information content (AvgIpc) is 2.91. The second kappa shape index (κ2) is 8.42. The standard InChI is InChI=1S/C35H26/c1-4-30-31(5-2)35(29-18-16-25-11-7-9-13-27(25)22-29)33-20-23(3)14-19-32(33)34(30)28-17-15-24-10-6-8-12-26(24)21-28/h4-22H,1-2H2,3H3. The lowest BCUT2D eigenvalue weighted by molar-refractivity contribution is 1.50. The second-order valence-corrected chi connectivity index (χ2v) is 9.16. The highest BCUT2D eigenvalue weighted by molar-refractivity contribution is 6.13. The van der Waals surface area contributed by atoms with Crippen LogP contribution in [-0.2, 0) is 0 Å². The summed E-state index contributed by atoms with van der Waals surface area (Å²) in [6.07, 6.45) is 3.99. The van der Waals surface area contributed by atoms with Crippen molar-refractivity contribution in [2.75, 3.05) is 0 Å². The Morgan fingerprint density at radius 2 is 0.971 bits per heavy atom. The van der Waals surface area contributed by atoms with E-state index in [0.29, 0.717) is 0 Å². The minimum atomic E-state index is 1.12. The van der Waals surface area contributed by atoms with Crippen molar-refractivity contribution in [1.82, 2.24) is 0 Å². The van der Waals surface area contributed by atoms with Crippen LogP contribution in [0.2, 0.25) is 0 Å². The number of hydrogen-bond donors (Lipinski definition) is 0. The topological polar surface area (TPSA) is 0 Å². The molecule has 0 aliphatic carbocycles. The molecule has 0 spiro atoms. The zero-order valence-electron chi connectivity index (χ0n) is 19.9. The fraction of sp³-hybridized carbons (Fsp3) is 0.0286. The van der Waals surface area contributed by atoms with E-state index in [1.165, 1.54) is 60.1 Å². The molecular formula is C35H26. The molecule has 0 fully saturated rings. The van der Waals surface area contributed by atoms with E-state index in [9.17, 15) is 0 Å². The SMILES string of the molecule is C=Cc1c(C=C)c(-c2ccc3ccccc3c2)c2cc(C)ccc2c1-c1ccc2ccccc2c1. The number of hydrogen-bond acceptors (Lipinski definition) is 0. The van der Waals surface area contributed by atoms with Gasteiger partial charge in [0.05, 0.1) is 0 Å². The van der Waals surface area contributed by atoms with Gasteiger partial charge in [0.25, 0.3) is 0 Å². The van der Waals surface area contributed by atoms with Gasteiger partial charge in [-0.05, 0) is 84.8 Å². The Kier molecular flexibility index (Phi) is 5.08. The van der Waals surface area contributed by atoms with E-state index in [1.807, 2.05) is 12.2 Å². The van der Waals surface area contributed by atoms with Gasteiger partial charge in [-0.3, -0.25) is 0 Å². The smallest absolute Gasteiger partial charge is 0.00263 e. The Balaban J connectivity index is 1.75. The minimum Gasteiger partial charge on any atom is -0.0984 e. The van der Waals surface area contributed by atoms with Gasteiger partial charge in [-0.2, -0.15) is 0 Å². The van der Waals surface area contributed by atoms with Gasteiger partial charge < -0.3 is 0 Å². The van der Waals surface area contributed by atoms with Crippen LogP contribution in [0.3, 0.4) is 0 Å². The summed E-state index contributed by atoms with van der Waals surface area (Å²) in [7, 11) is 0. The van der Waals surface area contributed by atoms with E-state index >= 15 is 0 Å². The van der Waals surface area contributed by atoms with Gasteiger partial charge in [-0.25, -0.2) is 0 Å². The minimum absolute atomic E-state index is 1.12. The maximum atomic E-state index is 4.25. The lowest BCUT2D eigenvalue weighted by atomic mass is 9.82. The van der Waals surface area contributed by atoms with Crippen molar-refractivity contribution in [1.29, 1.82) is 0 Å². The van der Waals surface area contributed by atoms with Crippen molar-refractivity contribution in [3.05, 3.63) is 133 Å². The molecule has 0 atom stereocenters. The molecule has 0 saturated heterocycles. The molecule has 0 amide bonds. The molecule has 0 heteroatoms. The maximum Gasteiger partial charge on any atom is -0.00263 e. The molecule has 0 aliphatic heterocycles. The molecule has 6 aromatic carbocycles. The first kappa shape index (κ1) is 21.1. The number of rotatable bonds is 4. The molecule has 0 saturated carbocycles. The average molecular weight is 447 g/mol. The monoisotopic (exact) mass is 446 g/mol. The molecule has 0 aromatic heterocycles. The maximum absolute atomic E-state index is 4.25. The molecule has 166 valence electrons. The summed E-state index contributed by atoms with van der Waals surface area (Å²) in [5.74, 6) is 0. The Bertz CT molecular complexity index is 1780. The van der Waals surface area contributed by atoms with Gasteiger partial charge in [-0.15, -0.1) is 0 Å². The van der Waals surface area contributed by atoms with Crippen LogP contribution in [0.15, 0.2) is 116 Å². The number of benzene rings is 6. The summed E-state index contributed by atoms with van der Waals surface area (Å²) in [5, 5.41) is 7.43. The van der Waals surface area contributed by atoms with Crippen LogP contribution >= 0.6 is 0 Å². The van der Waals surface area contributed by atoms with Crippen molar-refractivity contribution in [3.8, 4) is 22.3 Å². The Morgan fingerprint density at radius 1 is 0.486 bits per heavy atom. The molecule has 0 heterocycles. The molecule has 0 nitrogen and oxygen atoms in total. The molecule has 0 radical (unpaired) electrons. The number of fused-ring (bicyclic) bond motifs is 3. The van der Waals surface area contributed by atoms with Gasteiger partial charge in [0.1, 0.15) is 0 Å². The van der Waals surface area contributed by atoms with Gasteiger partial charge >= 0.3 is 0 Å². The molecule has 6 rings (SSSR count). The summed E-state index contributed by atoms with van der Waals surface area (Å²) >= 11 is 0. The van der Waals surface area contributed by atoms with Gasteiger partial charge in [0, 0.05) is 0 Å². The van der Waals surface area contributed by atoms with Gasteiger partial charge in [-0.1, -0.05) is 122 Å². The van der Waals surface area contributed by atoms with E-state index in [4.69, 9.17) is 0 Å². The fourth-order valence-corrected chi connectivity index (χ4v) is 5.38. The first-order valence-electron chi connectivity index (χ1n) is 12.0. The quantitative estimate of drug-likeness (QED) is 0.253. The van der Waals surface area contributed by atoms with Crippen LogP contribution in [0.25, 0.3) is 66.7 Å². The lowest BCUT2D eigenvalue weighted by Crippen LogP contribution is -1.96. The van der Waals surface area contributed by atoms with Crippen LogP contribution in [0.4, 0.5) is 0 Å². The van der Waals surface area contributed by atoms with E-state index in [0.717, 1.165) is 11.1 Å². The van der Waals surface area contributed by atoms with Crippen molar-refractivity contribution in [2.24, 2.45) is 0 Å². The summed E-state index contributed by atoms with van der Waals surface area (Å²) < 4.78 is 0. The summed E-state index contributed by atoms with van der Waals surface area (Å²) in [6.45, 7) is 10.7.